The molecular formula is C13H20ClNO2. The number of esters is 1. The number of rotatable bonds is 5. The van der Waals surface area contributed by atoms with Gasteiger partial charge in [0.25, 0.3) is 0 Å². The van der Waals surface area contributed by atoms with Gasteiger partial charge in [-0.05, 0) is 37.5 Å². The Labute approximate surface area is 109 Å². The van der Waals surface area contributed by atoms with Gasteiger partial charge in [0.2, 0.25) is 0 Å². The molecule has 1 unspecified atom stereocenters. The van der Waals surface area contributed by atoms with Crippen molar-refractivity contribution in [1.82, 2.24) is 0 Å². The van der Waals surface area contributed by atoms with E-state index in [-0.39, 0.29) is 24.4 Å². The molecule has 0 heterocycles. The SMILES string of the molecule is CCOC(=O)c1cccc(CC(N)CC)c1.Cl. The van der Waals surface area contributed by atoms with Gasteiger partial charge in [0.1, 0.15) is 0 Å². The van der Waals surface area contributed by atoms with Gasteiger partial charge in [-0.25, -0.2) is 4.79 Å². The van der Waals surface area contributed by atoms with Gasteiger partial charge < -0.3 is 10.5 Å². The standard InChI is InChI=1S/C13H19NO2.ClH/c1-3-12(14)9-10-6-5-7-11(8-10)13(15)16-4-2;/h5-8,12H,3-4,9,14H2,1-2H3;1H. The van der Waals surface area contributed by atoms with E-state index < -0.39 is 0 Å². The molecule has 0 amide bonds. The maximum Gasteiger partial charge on any atom is 0.338 e. The molecule has 3 nitrogen and oxygen atoms in total. The van der Waals surface area contributed by atoms with Crippen molar-refractivity contribution in [3.8, 4) is 0 Å². The van der Waals surface area contributed by atoms with Crippen molar-refractivity contribution in [3.63, 3.8) is 0 Å². The van der Waals surface area contributed by atoms with Gasteiger partial charge in [-0.1, -0.05) is 19.1 Å². The van der Waals surface area contributed by atoms with E-state index in [0.717, 1.165) is 18.4 Å². The van der Waals surface area contributed by atoms with Crippen molar-refractivity contribution >= 4 is 18.4 Å². The predicted octanol–water partition coefficient (Wildman–Crippen LogP) is 2.56. The molecule has 0 aliphatic rings. The Kier molecular flexibility index (Phi) is 7.59. The van der Waals surface area contributed by atoms with Gasteiger partial charge in [-0.3, -0.25) is 0 Å². The number of ether oxygens (including phenoxy) is 1. The number of carbonyl (C=O) groups is 1. The topological polar surface area (TPSA) is 52.3 Å². The fraction of sp³-hybridized carbons (Fsp3) is 0.462. The van der Waals surface area contributed by atoms with E-state index in [0.29, 0.717) is 12.2 Å². The second kappa shape index (κ2) is 8.09. The molecule has 1 aromatic rings. The van der Waals surface area contributed by atoms with Gasteiger partial charge in [-0.2, -0.15) is 0 Å². The lowest BCUT2D eigenvalue weighted by molar-refractivity contribution is 0.0526. The summed E-state index contributed by atoms with van der Waals surface area (Å²) < 4.78 is 4.94. The predicted molar refractivity (Wildman–Crippen MR) is 71.6 cm³/mol. The van der Waals surface area contributed by atoms with Crippen LogP contribution in [0.2, 0.25) is 0 Å². The van der Waals surface area contributed by atoms with Gasteiger partial charge >= 0.3 is 5.97 Å². The monoisotopic (exact) mass is 257 g/mol. The molecule has 0 aromatic heterocycles. The third-order valence-corrected chi connectivity index (χ3v) is 2.46. The third-order valence-electron chi connectivity index (χ3n) is 2.46. The van der Waals surface area contributed by atoms with Gasteiger partial charge in [-0.15, -0.1) is 12.4 Å². The van der Waals surface area contributed by atoms with Crippen molar-refractivity contribution in [1.29, 1.82) is 0 Å². The molecule has 4 heteroatoms. The largest absolute Gasteiger partial charge is 0.462 e. The van der Waals surface area contributed by atoms with E-state index in [9.17, 15) is 4.79 Å². The van der Waals surface area contributed by atoms with E-state index in [2.05, 4.69) is 6.92 Å². The molecule has 0 spiro atoms. The van der Waals surface area contributed by atoms with Crippen LogP contribution in [0, 0.1) is 0 Å². The number of benzene rings is 1. The molecule has 2 N–H and O–H groups in total. The van der Waals surface area contributed by atoms with Crippen LogP contribution >= 0.6 is 12.4 Å². The average Bonchev–Trinajstić information content (AvgIpc) is 2.29. The van der Waals surface area contributed by atoms with E-state index in [1.165, 1.54) is 0 Å². The van der Waals surface area contributed by atoms with Crippen LogP contribution in [-0.4, -0.2) is 18.6 Å². The number of halogens is 1. The molecule has 0 bridgehead atoms. The van der Waals surface area contributed by atoms with E-state index in [1.807, 2.05) is 18.2 Å². The van der Waals surface area contributed by atoms with Crippen LogP contribution in [0.5, 0.6) is 0 Å². The number of hydrogen-bond acceptors (Lipinski definition) is 3. The number of nitrogens with two attached hydrogens (primary N) is 1. The first-order valence-electron chi connectivity index (χ1n) is 5.69. The summed E-state index contributed by atoms with van der Waals surface area (Å²) in [7, 11) is 0. The van der Waals surface area contributed by atoms with Crippen molar-refractivity contribution in [2.24, 2.45) is 5.73 Å². The Morgan fingerprint density at radius 3 is 2.71 bits per heavy atom. The van der Waals surface area contributed by atoms with E-state index in [1.54, 1.807) is 13.0 Å². The Hall–Kier alpha value is -1.06. The van der Waals surface area contributed by atoms with E-state index in [4.69, 9.17) is 10.5 Å². The zero-order valence-electron chi connectivity index (χ0n) is 10.3. The molecule has 0 aliphatic carbocycles. The van der Waals surface area contributed by atoms with Gasteiger partial charge in [0.15, 0.2) is 0 Å². The zero-order valence-corrected chi connectivity index (χ0v) is 11.1. The number of hydrogen-bond donors (Lipinski definition) is 1. The molecule has 0 saturated heterocycles. The highest BCUT2D eigenvalue weighted by atomic mass is 35.5. The van der Waals surface area contributed by atoms with Gasteiger partial charge in [0.05, 0.1) is 12.2 Å². The summed E-state index contributed by atoms with van der Waals surface area (Å²) in [5.41, 5.74) is 7.56. The first kappa shape index (κ1) is 15.9. The number of carbonyl (C=O) groups excluding carboxylic acids is 1. The summed E-state index contributed by atoms with van der Waals surface area (Å²) in [6.07, 6.45) is 1.73. The smallest absolute Gasteiger partial charge is 0.338 e. The second-order valence-corrected chi connectivity index (χ2v) is 3.79. The van der Waals surface area contributed by atoms with Crippen molar-refractivity contribution < 1.29 is 9.53 Å². The molecule has 1 aromatic carbocycles. The molecular weight excluding hydrogens is 238 g/mol. The molecule has 1 rings (SSSR count). The minimum atomic E-state index is -0.269. The van der Waals surface area contributed by atoms with Crippen LogP contribution in [-0.2, 0) is 11.2 Å². The van der Waals surface area contributed by atoms with Crippen molar-refractivity contribution in [2.45, 2.75) is 32.7 Å². The van der Waals surface area contributed by atoms with E-state index >= 15 is 0 Å². The lowest BCUT2D eigenvalue weighted by atomic mass is 10.0. The van der Waals surface area contributed by atoms with Crippen LogP contribution in [0.15, 0.2) is 24.3 Å². The summed E-state index contributed by atoms with van der Waals surface area (Å²) in [5, 5.41) is 0. The fourth-order valence-electron chi connectivity index (χ4n) is 1.49. The van der Waals surface area contributed by atoms with Gasteiger partial charge in [0, 0.05) is 6.04 Å². The molecule has 0 fully saturated rings. The van der Waals surface area contributed by atoms with Crippen LogP contribution in [0.1, 0.15) is 36.2 Å². The van der Waals surface area contributed by atoms with Crippen LogP contribution < -0.4 is 5.73 Å². The highest BCUT2D eigenvalue weighted by molar-refractivity contribution is 5.89. The molecule has 0 radical (unpaired) electrons. The minimum Gasteiger partial charge on any atom is -0.462 e. The third kappa shape index (κ3) is 5.20. The lowest BCUT2D eigenvalue weighted by Gasteiger charge is -2.09. The molecule has 0 saturated carbocycles. The second-order valence-electron chi connectivity index (χ2n) is 3.79. The van der Waals surface area contributed by atoms with Crippen LogP contribution in [0.4, 0.5) is 0 Å². The van der Waals surface area contributed by atoms with Crippen molar-refractivity contribution in [3.05, 3.63) is 35.4 Å². The summed E-state index contributed by atoms with van der Waals surface area (Å²) in [6, 6.07) is 7.62. The normalized spacial score (nSPS) is 11.5. The highest BCUT2D eigenvalue weighted by Crippen LogP contribution is 2.09. The van der Waals surface area contributed by atoms with Crippen LogP contribution in [0.25, 0.3) is 0 Å². The molecule has 0 aliphatic heterocycles. The maximum absolute atomic E-state index is 11.5. The summed E-state index contributed by atoms with van der Waals surface area (Å²) in [4.78, 5) is 11.5. The quantitative estimate of drug-likeness (QED) is 0.825. The Morgan fingerprint density at radius 2 is 2.12 bits per heavy atom. The molecule has 1 atom stereocenters. The first-order chi connectivity index (χ1) is 7.67. The summed E-state index contributed by atoms with van der Waals surface area (Å²) in [5.74, 6) is -0.269. The Bertz CT molecular complexity index is 355. The fourth-order valence-corrected chi connectivity index (χ4v) is 1.49. The zero-order chi connectivity index (χ0) is 12.0. The van der Waals surface area contributed by atoms with Crippen molar-refractivity contribution in [2.75, 3.05) is 6.61 Å². The highest BCUT2D eigenvalue weighted by Gasteiger charge is 2.08. The first-order valence-corrected chi connectivity index (χ1v) is 5.69. The maximum atomic E-state index is 11.5. The summed E-state index contributed by atoms with van der Waals surface area (Å²) >= 11 is 0. The lowest BCUT2D eigenvalue weighted by Crippen LogP contribution is -2.21. The molecule has 17 heavy (non-hydrogen) atoms. The Balaban J connectivity index is 0.00000256. The van der Waals surface area contributed by atoms with Crippen LogP contribution in [0.3, 0.4) is 0 Å². The minimum absolute atomic E-state index is 0. The average molecular weight is 258 g/mol. The summed E-state index contributed by atoms with van der Waals surface area (Å²) in [6.45, 7) is 4.26. The molecule has 96 valence electrons. The Morgan fingerprint density at radius 1 is 1.41 bits per heavy atom.